The maximum absolute atomic E-state index is 2.43. The molecule has 0 N–H and O–H groups in total. The van der Waals surface area contributed by atoms with Gasteiger partial charge in [0.25, 0.3) is 0 Å². The normalized spacial score (nSPS) is 54.2. The Hall–Kier alpha value is 0. The molecule has 0 atom stereocenters. The van der Waals surface area contributed by atoms with Gasteiger partial charge in [-0.05, 0) is 80.0 Å². The quantitative estimate of drug-likeness (QED) is 0.650. The summed E-state index contributed by atoms with van der Waals surface area (Å²) in [5, 5.41) is 0. The largest absolute Gasteiger partial charge is 0.0625 e. The third-order valence-electron chi connectivity index (χ3n) is 6.98. The molecule has 96 valence electrons. The molecule has 0 amide bonds. The summed E-state index contributed by atoms with van der Waals surface area (Å²) in [5.74, 6) is 8.08. The van der Waals surface area contributed by atoms with Gasteiger partial charge in [0, 0.05) is 0 Å². The van der Waals surface area contributed by atoms with E-state index in [0.29, 0.717) is 0 Å². The minimum Gasteiger partial charge on any atom is -0.0625 e. The average molecular weight is 232 g/mol. The van der Waals surface area contributed by atoms with E-state index in [0.717, 1.165) is 11.8 Å². The van der Waals surface area contributed by atoms with Gasteiger partial charge in [0.05, 0.1) is 0 Å². The van der Waals surface area contributed by atoms with E-state index in [1.54, 1.807) is 51.4 Å². The van der Waals surface area contributed by atoms with Crippen LogP contribution in [-0.2, 0) is 0 Å². The monoisotopic (exact) mass is 232 g/mol. The highest BCUT2D eigenvalue weighted by Crippen LogP contribution is 2.57. The molecule has 4 saturated carbocycles. The van der Waals surface area contributed by atoms with Crippen LogP contribution in [0.1, 0.15) is 64.7 Å². The molecule has 0 aromatic heterocycles. The van der Waals surface area contributed by atoms with Gasteiger partial charge in [-0.25, -0.2) is 0 Å². The van der Waals surface area contributed by atoms with Crippen molar-refractivity contribution in [2.45, 2.75) is 64.7 Å². The van der Waals surface area contributed by atoms with E-state index in [2.05, 4.69) is 6.92 Å². The van der Waals surface area contributed by atoms with Gasteiger partial charge in [-0.15, -0.1) is 0 Å². The summed E-state index contributed by atoms with van der Waals surface area (Å²) < 4.78 is 0. The summed E-state index contributed by atoms with van der Waals surface area (Å²) in [6, 6.07) is 0. The lowest BCUT2D eigenvalue weighted by atomic mass is 9.51. The molecular weight excluding hydrogens is 204 g/mol. The van der Waals surface area contributed by atoms with Crippen LogP contribution >= 0.6 is 0 Å². The predicted molar refractivity (Wildman–Crippen MR) is 71.7 cm³/mol. The van der Waals surface area contributed by atoms with Gasteiger partial charge in [0.2, 0.25) is 0 Å². The van der Waals surface area contributed by atoms with Gasteiger partial charge < -0.3 is 0 Å². The Morgan fingerprint density at radius 2 is 0.941 bits per heavy atom. The van der Waals surface area contributed by atoms with E-state index in [1.165, 1.54) is 36.0 Å². The highest BCUT2D eigenvalue weighted by atomic mass is 14.5. The molecule has 0 aromatic carbocycles. The van der Waals surface area contributed by atoms with Gasteiger partial charge in [-0.3, -0.25) is 0 Å². The smallest absolute Gasteiger partial charge is 0.0380 e. The fraction of sp³-hybridized carbons (Fsp3) is 1.00. The fourth-order valence-corrected chi connectivity index (χ4v) is 5.22. The molecule has 0 saturated heterocycles. The zero-order valence-electron chi connectivity index (χ0n) is 11.4. The lowest BCUT2D eigenvalue weighted by Crippen LogP contribution is -2.44. The Kier molecular flexibility index (Phi) is 2.56. The molecule has 0 nitrogen and oxygen atoms in total. The molecule has 0 heteroatoms. The van der Waals surface area contributed by atoms with Gasteiger partial charge >= 0.3 is 0 Å². The summed E-state index contributed by atoms with van der Waals surface area (Å²) in [5.41, 5.74) is 0. The van der Waals surface area contributed by atoms with Gasteiger partial charge in [0.1, 0.15) is 0 Å². The van der Waals surface area contributed by atoms with Crippen molar-refractivity contribution >= 4 is 0 Å². The summed E-state index contributed by atoms with van der Waals surface area (Å²) in [6.07, 6.45) is 14.3. The molecule has 0 heterocycles. The molecule has 4 rings (SSSR count). The third kappa shape index (κ3) is 1.78. The Labute approximate surface area is 107 Å². The Balaban J connectivity index is 1.18. The number of hydrogen-bond donors (Lipinski definition) is 0. The van der Waals surface area contributed by atoms with Crippen molar-refractivity contribution in [3.63, 3.8) is 0 Å². The van der Waals surface area contributed by atoms with Crippen molar-refractivity contribution < 1.29 is 0 Å². The third-order valence-corrected chi connectivity index (χ3v) is 6.98. The van der Waals surface area contributed by atoms with Crippen LogP contribution in [0.4, 0.5) is 0 Å². The van der Waals surface area contributed by atoms with E-state index >= 15 is 0 Å². The lowest BCUT2D eigenvalue weighted by molar-refractivity contribution is -0.0395. The standard InChI is InChI=1S/C17H28/c1-11-5-13(6-11)15-9-17(10-15)16-7-14(8-16)12-3-2-4-12/h11-17H,2-10H2,1H3. The summed E-state index contributed by atoms with van der Waals surface area (Å²) in [4.78, 5) is 0. The maximum Gasteiger partial charge on any atom is -0.0380 e. The SMILES string of the molecule is CC1CC(C2CC(C3CC(C4CCC4)C3)C2)C1. The van der Waals surface area contributed by atoms with Crippen LogP contribution < -0.4 is 0 Å². The highest BCUT2D eigenvalue weighted by Gasteiger charge is 2.47. The number of rotatable bonds is 3. The molecule has 0 spiro atoms. The van der Waals surface area contributed by atoms with Crippen molar-refractivity contribution in [1.29, 1.82) is 0 Å². The first-order chi connectivity index (χ1) is 8.29. The molecule has 4 aliphatic rings. The van der Waals surface area contributed by atoms with Crippen LogP contribution in [0.5, 0.6) is 0 Å². The molecule has 4 aliphatic carbocycles. The topological polar surface area (TPSA) is 0 Å². The zero-order chi connectivity index (χ0) is 11.4. The number of hydrogen-bond acceptors (Lipinski definition) is 0. The van der Waals surface area contributed by atoms with E-state index in [9.17, 15) is 0 Å². The minimum atomic E-state index is 1.06. The van der Waals surface area contributed by atoms with Crippen molar-refractivity contribution in [3.8, 4) is 0 Å². The summed E-state index contributed by atoms with van der Waals surface area (Å²) in [7, 11) is 0. The fourth-order valence-electron chi connectivity index (χ4n) is 5.22. The van der Waals surface area contributed by atoms with Crippen molar-refractivity contribution in [3.05, 3.63) is 0 Å². The lowest BCUT2D eigenvalue weighted by Gasteiger charge is -2.54. The Morgan fingerprint density at radius 3 is 1.29 bits per heavy atom. The van der Waals surface area contributed by atoms with Crippen LogP contribution in [0, 0.1) is 41.4 Å². The van der Waals surface area contributed by atoms with Crippen LogP contribution in [0.3, 0.4) is 0 Å². The Morgan fingerprint density at radius 1 is 0.529 bits per heavy atom. The van der Waals surface area contributed by atoms with E-state index in [1.807, 2.05) is 0 Å². The van der Waals surface area contributed by atoms with Gasteiger partial charge in [-0.1, -0.05) is 26.2 Å². The molecule has 17 heavy (non-hydrogen) atoms. The maximum atomic E-state index is 2.43. The first kappa shape index (κ1) is 10.9. The highest BCUT2D eigenvalue weighted by molar-refractivity contribution is 4.97. The molecule has 0 aliphatic heterocycles. The van der Waals surface area contributed by atoms with E-state index in [4.69, 9.17) is 0 Å². The molecule has 4 fully saturated rings. The molecule has 0 aromatic rings. The Bertz CT molecular complexity index is 272. The van der Waals surface area contributed by atoms with E-state index in [-0.39, 0.29) is 0 Å². The van der Waals surface area contributed by atoms with Crippen molar-refractivity contribution in [2.75, 3.05) is 0 Å². The first-order valence-corrected chi connectivity index (χ1v) is 8.29. The first-order valence-electron chi connectivity index (χ1n) is 8.29. The zero-order valence-corrected chi connectivity index (χ0v) is 11.4. The molecule has 0 bridgehead atoms. The molecular formula is C17H28. The van der Waals surface area contributed by atoms with Crippen molar-refractivity contribution in [2.24, 2.45) is 41.4 Å². The second kappa shape index (κ2) is 4.00. The minimum absolute atomic E-state index is 1.06. The predicted octanol–water partition coefficient (Wildman–Crippen LogP) is 4.89. The molecule has 0 unspecified atom stereocenters. The summed E-state index contributed by atoms with van der Waals surface area (Å²) in [6.45, 7) is 2.43. The van der Waals surface area contributed by atoms with Crippen molar-refractivity contribution in [1.82, 2.24) is 0 Å². The summed E-state index contributed by atoms with van der Waals surface area (Å²) >= 11 is 0. The van der Waals surface area contributed by atoms with Gasteiger partial charge in [-0.2, -0.15) is 0 Å². The van der Waals surface area contributed by atoms with Crippen LogP contribution in [-0.4, -0.2) is 0 Å². The van der Waals surface area contributed by atoms with E-state index < -0.39 is 0 Å². The molecule has 0 radical (unpaired) electrons. The van der Waals surface area contributed by atoms with Crippen LogP contribution in [0.25, 0.3) is 0 Å². The van der Waals surface area contributed by atoms with Crippen LogP contribution in [0.2, 0.25) is 0 Å². The second-order valence-corrected chi connectivity index (χ2v) is 8.01. The van der Waals surface area contributed by atoms with Gasteiger partial charge in [0.15, 0.2) is 0 Å². The van der Waals surface area contributed by atoms with Crippen LogP contribution in [0.15, 0.2) is 0 Å². The average Bonchev–Trinajstić information content (AvgIpc) is 2.04. The second-order valence-electron chi connectivity index (χ2n) is 8.01.